The smallest absolute Gasteiger partial charge is 0.165 e. The number of aromatic nitrogens is 2. The molecule has 3 N–H and O–H groups in total. The van der Waals surface area contributed by atoms with Gasteiger partial charge in [0, 0.05) is 50.1 Å². The van der Waals surface area contributed by atoms with Gasteiger partial charge in [-0.1, -0.05) is 6.07 Å². The molecule has 3 rings (SSSR count). The van der Waals surface area contributed by atoms with E-state index in [-0.39, 0.29) is 23.7 Å². The van der Waals surface area contributed by atoms with Crippen molar-refractivity contribution < 1.29 is 9.13 Å². The van der Waals surface area contributed by atoms with Crippen molar-refractivity contribution in [3.8, 4) is 5.75 Å². The van der Waals surface area contributed by atoms with Crippen LogP contribution in [0.2, 0.25) is 0 Å². The van der Waals surface area contributed by atoms with Gasteiger partial charge in [-0.25, -0.2) is 9.82 Å². The molecule has 0 spiro atoms. The summed E-state index contributed by atoms with van der Waals surface area (Å²) in [7, 11) is 1.47. The summed E-state index contributed by atoms with van der Waals surface area (Å²) in [5.74, 6) is 0.246. The molecule has 0 amide bonds. The summed E-state index contributed by atoms with van der Waals surface area (Å²) in [5, 5.41) is 3.54. The van der Waals surface area contributed by atoms with E-state index in [0.717, 1.165) is 30.8 Å². The van der Waals surface area contributed by atoms with Gasteiger partial charge in [0.1, 0.15) is 0 Å². The summed E-state index contributed by atoms with van der Waals surface area (Å²) in [6.45, 7) is 3.77. The van der Waals surface area contributed by atoms with Gasteiger partial charge in [-0.05, 0) is 24.6 Å². The highest BCUT2D eigenvalue weighted by atomic mass is 19.1. The zero-order chi connectivity index (χ0) is 17.6. The lowest BCUT2D eigenvalue weighted by Gasteiger charge is -2.22. The van der Waals surface area contributed by atoms with Crippen molar-refractivity contribution in [1.82, 2.24) is 26.1 Å². The molecule has 0 bridgehead atoms. The standard InChI is InChI=1S/C18H24FN5O/c1-12(7-15-11-20-5-6-21-15)22-9-14-10-23-24-18(14)13-3-4-17(25-2)16(19)8-13/h3-6,8,11-12,14,18,22-24H,7,9-10H2,1-2H3. The van der Waals surface area contributed by atoms with Gasteiger partial charge in [-0.15, -0.1) is 0 Å². The van der Waals surface area contributed by atoms with Crippen molar-refractivity contribution >= 4 is 0 Å². The average molecular weight is 345 g/mol. The highest BCUT2D eigenvalue weighted by Gasteiger charge is 2.29. The molecule has 0 saturated carbocycles. The van der Waals surface area contributed by atoms with E-state index >= 15 is 0 Å². The van der Waals surface area contributed by atoms with Gasteiger partial charge < -0.3 is 10.1 Å². The van der Waals surface area contributed by atoms with Crippen LogP contribution in [0.5, 0.6) is 5.75 Å². The number of hydrogen-bond acceptors (Lipinski definition) is 6. The molecule has 1 aromatic carbocycles. The SMILES string of the molecule is COc1ccc(C2NNCC2CNC(C)Cc2cnccn2)cc1F. The number of nitrogens with one attached hydrogen (secondary N) is 3. The molecular formula is C18H24FN5O. The van der Waals surface area contributed by atoms with Crippen LogP contribution in [0.15, 0.2) is 36.8 Å². The number of halogens is 1. The Labute approximate surface area is 147 Å². The molecule has 3 atom stereocenters. The molecule has 1 fully saturated rings. The van der Waals surface area contributed by atoms with E-state index in [1.165, 1.54) is 7.11 Å². The first kappa shape index (κ1) is 17.7. The molecule has 0 aliphatic carbocycles. The minimum Gasteiger partial charge on any atom is -0.494 e. The Kier molecular flexibility index (Phi) is 5.91. The third-order valence-electron chi connectivity index (χ3n) is 4.49. The van der Waals surface area contributed by atoms with Crippen LogP contribution in [0, 0.1) is 11.7 Å². The number of ether oxygens (including phenoxy) is 1. The molecule has 134 valence electrons. The Morgan fingerprint density at radius 1 is 1.40 bits per heavy atom. The van der Waals surface area contributed by atoms with Crippen LogP contribution in [0.3, 0.4) is 0 Å². The molecule has 7 heteroatoms. The fourth-order valence-corrected chi connectivity index (χ4v) is 3.13. The van der Waals surface area contributed by atoms with Crippen LogP contribution >= 0.6 is 0 Å². The predicted molar refractivity (Wildman–Crippen MR) is 93.5 cm³/mol. The first-order valence-corrected chi connectivity index (χ1v) is 8.47. The number of methoxy groups -OCH3 is 1. The fourth-order valence-electron chi connectivity index (χ4n) is 3.13. The molecule has 1 saturated heterocycles. The molecule has 0 radical (unpaired) electrons. The van der Waals surface area contributed by atoms with Gasteiger partial charge in [-0.2, -0.15) is 0 Å². The van der Waals surface area contributed by atoms with Crippen molar-refractivity contribution in [3.63, 3.8) is 0 Å². The zero-order valence-electron chi connectivity index (χ0n) is 14.5. The molecule has 3 unspecified atom stereocenters. The van der Waals surface area contributed by atoms with Crippen LogP contribution in [-0.2, 0) is 6.42 Å². The molecule has 1 aliphatic heterocycles. The van der Waals surface area contributed by atoms with Crippen LogP contribution in [-0.4, -0.2) is 36.2 Å². The summed E-state index contributed by atoms with van der Waals surface area (Å²) in [5.41, 5.74) is 8.30. The van der Waals surface area contributed by atoms with Crippen molar-refractivity contribution in [3.05, 3.63) is 53.9 Å². The second-order valence-corrected chi connectivity index (χ2v) is 6.37. The first-order chi connectivity index (χ1) is 12.2. The third kappa shape index (κ3) is 4.50. The van der Waals surface area contributed by atoms with E-state index < -0.39 is 0 Å². The number of benzene rings is 1. The Balaban J connectivity index is 1.57. The summed E-state index contributed by atoms with van der Waals surface area (Å²) < 4.78 is 19.0. The average Bonchev–Trinajstić information content (AvgIpc) is 3.09. The van der Waals surface area contributed by atoms with Crippen LogP contribution in [0.4, 0.5) is 4.39 Å². The lowest BCUT2D eigenvalue weighted by atomic mass is 9.94. The van der Waals surface area contributed by atoms with E-state index in [9.17, 15) is 4.39 Å². The topological polar surface area (TPSA) is 71.1 Å². The van der Waals surface area contributed by atoms with Gasteiger partial charge in [0.15, 0.2) is 11.6 Å². The van der Waals surface area contributed by atoms with Crippen LogP contribution < -0.4 is 20.9 Å². The number of rotatable bonds is 7. The van der Waals surface area contributed by atoms with Gasteiger partial charge >= 0.3 is 0 Å². The predicted octanol–water partition coefficient (Wildman–Crippen LogP) is 1.61. The number of hydrazine groups is 1. The second-order valence-electron chi connectivity index (χ2n) is 6.37. The monoisotopic (exact) mass is 345 g/mol. The zero-order valence-corrected chi connectivity index (χ0v) is 14.5. The first-order valence-electron chi connectivity index (χ1n) is 8.47. The summed E-state index contributed by atoms with van der Waals surface area (Å²) in [4.78, 5) is 8.40. The van der Waals surface area contributed by atoms with Crippen LogP contribution in [0.1, 0.15) is 24.2 Å². The number of nitrogens with zero attached hydrogens (tertiary/aromatic N) is 2. The van der Waals surface area contributed by atoms with E-state index in [0.29, 0.717) is 5.92 Å². The Morgan fingerprint density at radius 2 is 2.28 bits per heavy atom. The third-order valence-corrected chi connectivity index (χ3v) is 4.49. The van der Waals surface area contributed by atoms with E-state index in [4.69, 9.17) is 4.74 Å². The quantitative estimate of drug-likeness (QED) is 0.708. The maximum atomic E-state index is 14.0. The minimum atomic E-state index is -0.337. The highest BCUT2D eigenvalue weighted by molar-refractivity contribution is 5.31. The molecule has 1 aliphatic rings. The second kappa shape index (κ2) is 8.33. The van der Waals surface area contributed by atoms with Crippen molar-refractivity contribution in [2.45, 2.75) is 25.4 Å². The largest absolute Gasteiger partial charge is 0.494 e. The Hall–Kier alpha value is -2.09. The van der Waals surface area contributed by atoms with E-state index in [2.05, 4.69) is 33.1 Å². The lowest BCUT2D eigenvalue weighted by Crippen LogP contribution is -2.35. The summed E-state index contributed by atoms with van der Waals surface area (Å²) in [6, 6.07) is 5.45. The van der Waals surface area contributed by atoms with Gasteiger partial charge in [0.25, 0.3) is 0 Å². The van der Waals surface area contributed by atoms with Crippen molar-refractivity contribution in [2.24, 2.45) is 5.92 Å². The maximum absolute atomic E-state index is 14.0. The molecule has 2 aromatic rings. The molecule has 1 aromatic heterocycles. The van der Waals surface area contributed by atoms with E-state index in [1.807, 2.05) is 6.07 Å². The lowest BCUT2D eigenvalue weighted by molar-refractivity contribution is 0.382. The van der Waals surface area contributed by atoms with Crippen LogP contribution in [0.25, 0.3) is 0 Å². The molecule has 25 heavy (non-hydrogen) atoms. The summed E-state index contributed by atoms with van der Waals surface area (Å²) >= 11 is 0. The van der Waals surface area contributed by atoms with Crippen molar-refractivity contribution in [1.29, 1.82) is 0 Å². The normalized spacial score (nSPS) is 21.2. The van der Waals surface area contributed by atoms with Crippen molar-refractivity contribution in [2.75, 3.05) is 20.2 Å². The fraction of sp³-hybridized carbons (Fsp3) is 0.444. The Morgan fingerprint density at radius 3 is 3.00 bits per heavy atom. The van der Waals surface area contributed by atoms with Gasteiger partial charge in [0.05, 0.1) is 18.8 Å². The van der Waals surface area contributed by atoms with Gasteiger partial charge in [0.2, 0.25) is 0 Å². The molecule has 6 nitrogen and oxygen atoms in total. The maximum Gasteiger partial charge on any atom is 0.165 e. The highest BCUT2D eigenvalue weighted by Crippen LogP contribution is 2.28. The summed E-state index contributed by atoms with van der Waals surface area (Å²) in [6.07, 6.45) is 6.00. The molecule has 2 heterocycles. The Bertz CT molecular complexity index is 684. The minimum absolute atomic E-state index is 0.0524. The van der Waals surface area contributed by atoms with Gasteiger partial charge in [-0.3, -0.25) is 15.4 Å². The van der Waals surface area contributed by atoms with E-state index in [1.54, 1.807) is 30.7 Å². The number of hydrogen-bond donors (Lipinski definition) is 3. The molecular weight excluding hydrogens is 321 g/mol.